The number of sulfonamides is 1. The van der Waals surface area contributed by atoms with Crippen LogP contribution in [0.15, 0.2) is 33.6 Å². The number of halogens is 1. The summed E-state index contributed by atoms with van der Waals surface area (Å²) in [5.41, 5.74) is 0. The predicted molar refractivity (Wildman–Crippen MR) is 82.5 cm³/mol. The maximum atomic E-state index is 12.7. The number of nitrogens with zero attached hydrogens (tertiary/aromatic N) is 1. The Bertz CT molecular complexity index is 632. The Kier molecular flexibility index (Phi) is 5.06. The molecule has 21 heavy (non-hydrogen) atoms. The van der Waals surface area contributed by atoms with Gasteiger partial charge in [0, 0.05) is 11.0 Å². The molecule has 2 atom stereocenters. The number of rotatable bonds is 4. The molecule has 1 saturated heterocycles. The van der Waals surface area contributed by atoms with E-state index in [1.807, 2.05) is 6.92 Å². The summed E-state index contributed by atoms with van der Waals surface area (Å²) in [7, 11) is -3.79. The Morgan fingerprint density at radius 1 is 1.48 bits per heavy atom. The van der Waals surface area contributed by atoms with E-state index < -0.39 is 22.0 Å². The van der Waals surface area contributed by atoms with Crippen molar-refractivity contribution in [2.24, 2.45) is 5.92 Å². The molecule has 1 N–H and O–H groups in total. The standard InChI is InChI=1S/C14H18BrNO4S/c1-2-10-6-7-16(13(8-10)14(17)18)21(19,20)12-5-3-4-11(15)9-12/h3-5,9-10,13H,2,6-8H2,1H3,(H,17,18). The quantitative estimate of drug-likeness (QED) is 0.877. The first-order chi connectivity index (χ1) is 9.86. The Labute approximate surface area is 133 Å². The molecule has 0 aromatic heterocycles. The maximum absolute atomic E-state index is 12.7. The van der Waals surface area contributed by atoms with Gasteiger partial charge in [0.25, 0.3) is 0 Å². The molecule has 0 amide bonds. The lowest BCUT2D eigenvalue weighted by Crippen LogP contribution is -2.49. The van der Waals surface area contributed by atoms with Gasteiger partial charge in [-0.25, -0.2) is 8.42 Å². The molecule has 0 spiro atoms. The molecule has 7 heteroatoms. The second kappa shape index (κ2) is 6.46. The zero-order valence-electron chi connectivity index (χ0n) is 11.7. The third-order valence-electron chi connectivity index (χ3n) is 3.93. The monoisotopic (exact) mass is 375 g/mol. The normalized spacial score (nSPS) is 23.9. The Balaban J connectivity index is 2.36. The van der Waals surface area contributed by atoms with Gasteiger partial charge in [-0.3, -0.25) is 4.79 Å². The van der Waals surface area contributed by atoms with Crippen molar-refractivity contribution in [2.45, 2.75) is 37.1 Å². The van der Waals surface area contributed by atoms with Gasteiger partial charge in [0.05, 0.1) is 4.90 Å². The van der Waals surface area contributed by atoms with Gasteiger partial charge in [0.1, 0.15) is 6.04 Å². The number of hydrogen-bond acceptors (Lipinski definition) is 3. The summed E-state index contributed by atoms with van der Waals surface area (Å²) in [5.74, 6) is -0.813. The summed E-state index contributed by atoms with van der Waals surface area (Å²) < 4.78 is 27.2. The van der Waals surface area contributed by atoms with Gasteiger partial charge in [-0.15, -0.1) is 0 Å². The van der Waals surface area contributed by atoms with E-state index in [1.165, 1.54) is 12.1 Å². The average Bonchev–Trinajstić information content (AvgIpc) is 2.46. The zero-order chi connectivity index (χ0) is 15.6. The highest BCUT2D eigenvalue weighted by Gasteiger charge is 2.40. The van der Waals surface area contributed by atoms with Gasteiger partial charge in [-0.05, 0) is 37.0 Å². The van der Waals surface area contributed by atoms with Crippen LogP contribution in [-0.4, -0.2) is 36.4 Å². The molecular formula is C14H18BrNO4S. The molecule has 0 bridgehead atoms. The molecule has 0 saturated carbocycles. The topological polar surface area (TPSA) is 74.7 Å². The van der Waals surface area contributed by atoms with Crippen molar-refractivity contribution < 1.29 is 18.3 Å². The minimum atomic E-state index is -3.79. The maximum Gasteiger partial charge on any atom is 0.322 e. The van der Waals surface area contributed by atoms with Crippen LogP contribution in [0.2, 0.25) is 0 Å². The fraction of sp³-hybridized carbons (Fsp3) is 0.500. The second-order valence-corrected chi connectivity index (χ2v) is 8.03. The zero-order valence-corrected chi connectivity index (χ0v) is 14.1. The number of benzene rings is 1. The van der Waals surface area contributed by atoms with Gasteiger partial charge >= 0.3 is 5.97 Å². The molecule has 5 nitrogen and oxygen atoms in total. The van der Waals surface area contributed by atoms with Gasteiger partial charge in [0.2, 0.25) is 10.0 Å². The predicted octanol–water partition coefficient (Wildman–Crippen LogP) is 2.71. The van der Waals surface area contributed by atoms with E-state index in [2.05, 4.69) is 15.9 Å². The summed E-state index contributed by atoms with van der Waals surface area (Å²) in [4.78, 5) is 11.6. The Hall–Kier alpha value is -0.920. The number of carboxylic acids is 1. The Morgan fingerprint density at radius 3 is 2.76 bits per heavy atom. The van der Waals surface area contributed by atoms with Crippen LogP contribution < -0.4 is 0 Å². The largest absolute Gasteiger partial charge is 0.480 e. The van der Waals surface area contributed by atoms with Crippen molar-refractivity contribution in [2.75, 3.05) is 6.54 Å². The van der Waals surface area contributed by atoms with E-state index in [4.69, 9.17) is 0 Å². The Morgan fingerprint density at radius 2 is 2.19 bits per heavy atom. The van der Waals surface area contributed by atoms with Crippen LogP contribution in [-0.2, 0) is 14.8 Å². The van der Waals surface area contributed by atoms with Gasteiger partial charge in [-0.2, -0.15) is 4.31 Å². The smallest absolute Gasteiger partial charge is 0.322 e. The van der Waals surface area contributed by atoms with Crippen LogP contribution in [0.3, 0.4) is 0 Å². The number of carbonyl (C=O) groups is 1. The molecule has 1 aromatic carbocycles. The second-order valence-electron chi connectivity index (χ2n) is 5.23. The summed E-state index contributed by atoms with van der Waals surface area (Å²) in [6.07, 6.45) is 1.95. The van der Waals surface area contributed by atoms with Crippen LogP contribution in [0.25, 0.3) is 0 Å². The molecule has 1 heterocycles. The van der Waals surface area contributed by atoms with Crippen LogP contribution in [0.1, 0.15) is 26.2 Å². The highest BCUT2D eigenvalue weighted by Crippen LogP contribution is 2.31. The van der Waals surface area contributed by atoms with Gasteiger partial charge in [-0.1, -0.05) is 35.3 Å². The number of aliphatic carboxylic acids is 1. The third kappa shape index (κ3) is 3.46. The lowest BCUT2D eigenvalue weighted by molar-refractivity contribution is -0.143. The van der Waals surface area contributed by atoms with Crippen molar-refractivity contribution in [1.82, 2.24) is 4.31 Å². The summed E-state index contributed by atoms with van der Waals surface area (Å²) in [6, 6.07) is 5.38. The molecule has 2 rings (SSSR count). The minimum absolute atomic E-state index is 0.123. The molecular weight excluding hydrogens is 358 g/mol. The summed E-state index contributed by atoms with van der Waals surface area (Å²) in [6.45, 7) is 2.26. The summed E-state index contributed by atoms with van der Waals surface area (Å²) >= 11 is 3.24. The average molecular weight is 376 g/mol. The van der Waals surface area contributed by atoms with Crippen LogP contribution in [0, 0.1) is 5.92 Å². The van der Waals surface area contributed by atoms with Crippen molar-refractivity contribution in [3.63, 3.8) is 0 Å². The first-order valence-corrected chi connectivity index (χ1v) is 9.09. The molecule has 0 radical (unpaired) electrons. The number of hydrogen-bond donors (Lipinski definition) is 1. The molecule has 1 fully saturated rings. The van der Waals surface area contributed by atoms with E-state index in [0.717, 1.165) is 10.7 Å². The third-order valence-corrected chi connectivity index (χ3v) is 6.32. The van der Waals surface area contributed by atoms with Crippen molar-refractivity contribution >= 4 is 31.9 Å². The first kappa shape index (κ1) is 16.5. The SMILES string of the molecule is CCC1CCN(S(=O)(=O)c2cccc(Br)c2)C(C(=O)O)C1. The molecule has 1 aliphatic heterocycles. The summed E-state index contributed by atoms with van der Waals surface area (Å²) in [5, 5.41) is 9.37. The van der Waals surface area contributed by atoms with Crippen molar-refractivity contribution in [1.29, 1.82) is 0 Å². The van der Waals surface area contributed by atoms with E-state index in [0.29, 0.717) is 17.3 Å². The number of carboxylic acid groups (broad SMARTS) is 1. The fourth-order valence-electron chi connectivity index (χ4n) is 2.66. The van der Waals surface area contributed by atoms with E-state index in [9.17, 15) is 18.3 Å². The van der Waals surface area contributed by atoms with Crippen LogP contribution in [0.4, 0.5) is 0 Å². The molecule has 2 unspecified atom stereocenters. The van der Waals surface area contributed by atoms with Crippen LogP contribution >= 0.6 is 15.9 Å². The van der Waals surface area contributed by atoms with Crippen molar-refractivity contribution in [3.8, 4) is 0 Å². The molecule has 1 aliphatic rings. The highest BCUT2D eigenvalue weighted by atomic mass is 79.9. The van der Waals surface area contributed by atoms with Gasteiger partial charge in [0.15, 0.2) is 0 Å². The van der Waals surface area contributed by atoms with Crippen molar-refractivity contribution in [3.05, 3.63) is 28.7 Å². The lowest BCUT2D eigenvalue weighted by Gasteiger charge is -2.35. The lowest BCUT2D eigenvalue weighted by atomic mass is 9.90. The number of piperidine rings is 1. The molecule has 116 valence electrons. The van der Waals surface area contributed by atoms with Gasteiger partial charge < -0.3 is 5.11 Å². The minimum Gasteiger partial charge on any atom is -0.480 e. The van der Waals surface area contributed by atoms with E-state index >= 15 is 0 Å². The first-order valence-electron chi connectivity index (χ1n) is 6.86. The molecule has 1 aromatic rings. The van der Waals surface area contributed by atoms with Crippen LogP contribution in [0.5, 0.6) is 0 Å². The van der Waals surface area contributed by atoms with E-state index in [1.54, 1.807) is 12.1 Å². The fourth-order valence-corrected chi connectivity index (χ4v) is 4.87. The van der Waals surface area contributed by atoms with E-state index in [-0.39, 0.29) is 17.4 Å². The highest BCUT2D eigenvalue weighted by molar-refractivity contribution is 9.10. The molecule has 0 aliphatic carbocycles.